The number of hydrogen-bond donors (Lipinski definition) is 0. The molecule has 2 aliphatic carbocycles. The van der Waals surface area contributed by atoms with Crippen LogP contribution in [0.5, 0.6) is 0 Å². The summed E-state index contributed by atoms with van der Waals surface area (Å²) in [5.41, 5.74) is 0. The molecule has 3 aliphatic rings. The Morgan fingerprint density at radius 1 is 1.04 bits per heavy atom. The van der Waals surface area contributed by atoms with E-state index in [4.69, 9.17) is 0 Å². The smallest absolute Gasteiger partial charge is 0.222 e. The molecule has 134 valence electrons. The van der Waals surface area contributed by atoms with Crippen molar-refractivity contribution in [3.05, 3.63) is 34.7 Å². The van der Waals surface area contributed by atoms with E-state index in [1.54, 1.807) is 4.31 Å². The van der Waals surface area contributed by atoms with E-state index in [0.29, 0.717) is 44.9 Å². The quantitative estimate of drug-likeness (QED) is 0.776. The number of fused-ring (bicyclic) bond motifs is 1. The Morgan fingerprint density at radius 2 is 1.72 bits per heavy atom. The number of benzene rings is 1. The standard InChI is InChI=1S/C19H24N2O3S/c22-19(13-15-5-6-15)20-9-11-21(12-10-20)25(23,24)18-8-7-16-3-1-2-4-17(16)14-18/h1-4,7,14-15,18H,5-6,8-13H2. The summed E-state index contributed by atoms with van der Waals surface area (Å²) in [5.74, 6) is 0.757. The summed E-state index contributed by atoms with van der Waals surface area (Å²) in [5, 5.41) is 1.58. The van der Waals surface area contributed by atoms with Crippen molar-refractivity contribution in [1.29, 1.82) is 0 Å². The summed E-state index contributed by atoms with van der Waals surface area (Å²) < 4.78 is 27.5. The lowest BCUT2D eigenvalue weighted by Crippen LogP contribution is -2.52. The fraction of sp³-hybridized carbons (Fsp3) is 0.526. The van der Waals surface area contributed by atoms with E-state index >= 15 is 0 Å². The molecule has 2 fully saturated rings. The summed E-state index contributed by atoms with van der Waals surface area (Å²) in [6.45, 7) is 1.84. The van der Waals surface area contributed by atoms with Gasteiger partial charge in [0.2, 0.25) is 15.9 Å². The summed E-state index contributed by atoms with van der Waals surface area (Å²) >= 11 is 0. The molecule has 1 unspecified atom stereocenters. The molecule has 1 saturated heterocycles. The highest BCUT2D eigenvalue weighted by molar-refractivity contribution is 7.90. The molecular formula is C19H24N2O3S. The lowest BCUT2D eigenvalue weighted by Gasteiger charge is -2.35. The lowest BCUT2D eigenvalue weighted by atomic mass is 10.1. The molecule has 0 bridgehead atoms. The molecule has 0 radical (unpaired) electrons. The zero-order valence-electron chi connectivity index (χ0n) is 14.3. The monoisotopic (exact) mass is 360 g/mol. The molecule has 0 aromatic heterocycles. The van der Waals surface area contributed by atoms with Crippen molar-refractivity contribution in [2.45, 2.75) is 30.9 Å². The molecular weight excluding hydrogens is 336 g/mol. The number of amides is 1. The zero-order chi connectivity index (χ0) is 17.4. The van der Waals surface area contributed by atoms with Gasteiger partial charge in [0.15, 0.2) is 0 Å². The van der Waals surface area contributed by atoms with Gasteiger partial charge in [-0.1, -0.05) is 36.4 Å². The van der Waals surface area contributed by atoms with Crippen molar-refractivity contribution < 1.29 is 13.2 Å². The van der Waals surface area contributed by atoms with Gasteiger partial charge in [-0.3, -0.25) is 4.79 Å². The normalized spacial score (nSPS) is 24.2. The molecule has 1 heterocycles. The second kappa shape index (κ2) is 6.57. The fourth-order valence-corrected chi connectivity index (χ4v) is 5.36. The van der Waals surface area contributed by atoms with Crippen LogP contribution in [0.15, 0.2) is 24.3 Å². The van der Waals surface area contributed by atoms with Crippen LogP contribution >= 0.6 is 0 Å². The third-order valence-electron chi connectivity index (χ3n) is 5.43. The van der Waals surface area contributed by atoms with Crippen LogP contribution in [0.25, 0.3) is 12.2 Å². The van der Waals surface area contributed by atoms with Gasteiger partial charge >= 0.3 is 0 Å². The van der Waals surface area contributed by atoms with Gasteiger partial charge in [-0.15, -0.1) is 0 Å². The molecule has 5 nitrogen and oxygen atoms in total. The first kappa shape index (κ1) is 16.8. The van der Waals surface area contributed by atoms with Gasteiger partial charge in [0.25, 0.3) is 0 Å². The van der Waals surface area contributed by atoms with Crippen LogP contribution in [-0.4, -0.2) is 55.0 Å². The molecule has 4 rings (SSSR count). The molecule has 1 aromatic carbocycles. The van der Waals surface area contributed by atoms with Crippen LogP contribution in [0.4, 0.5) is 0 Å². The number of sulfonamides is 1. The van der Waals surface area contributed by atoms with E-state index in [1.807, 2.05) is 41.3 Å². The van der Waals surface area contributed by atoms with Crippen LogP contribution < -0.4 is 10.4 Å². The molecule has 1 atom stereocenters. The molecule has 1 aromatic rings. The Balaban J connectivity index is 1.43. The SMILES string of the molecule is O=C(CC1CC1)N1CCN(S(=O)(=O)C2C=c3ccccc3=CC2)CC1. The van der Waals surface area contributed by atoms with Crippen LogP contribution in [0.1, 0.15) is 25.7 Å². The Morgan fingerprint density at radius 3 is 2.40 bits per heavy atom. The van der Waals surface area contributed by atoms with Crippen molar-refractivity contribution in [1.82, 2.24) is 9.21 Å². The topological polar surface area (TPSA) is 57.7 Å². The third kappa shape index (κ3) is 3.51. The maximum Gasteiger partial charge on any atom is 0.222 e. The van der Waals surface area contributed by atoms with Gasteiger partial charge in [-0.25, -0.2) is 8.42 Å². The number of rotatable bonds is 4. The van der Waals surface area contributed by atoms with Gasteiger partial charge in [0.05, 0.1) is 5.25 Å². The number of carbonyl (C=O) groups is 1. The highest BCUT2D eigenvalue weighted by atomic mass is 32.2. The van der Waals surface area contributed by atoms with Crippen molar-refractivity contribution >= 4 is 28.1 Å². The summed E-state index contributed by atoms with van der Waals surface area (Å²) in [7, 11) is -3.38. The molecule has 1 amide bonds. The van der Waals surface area contributed by atoms with E-state index in [2.05, 4.69) is 0 Å². The minimum atomic E-state index is -3.38. The molecule has 0 spiro atoms. The Kier molecular flexibility index (Phi) is 4.41. The predicted octanol–water partition coefficient (Wildman–Crippen LogP) is 0.294. The molecule has 25 heavy (non-hydrogen) atoms. The first-order valence-electron chi connectivity index (χ1n) is 9.08. The van der Waals surface area contributed by atoms with Crippen molar-refractivity contribution in [3.63, 3.8) is 0 Å². The van der Waals surface area contributed by atoms with Gasteiger partial charge in [0, 0.05) is 32.6 Å². The van der Waals surface area contributed by atoms with Crippen LogP contribution in [0, 0.1) is 5.92 Å². The van der Waals surface area contributed by atoms with Gasteiger partial charge < -0.3 is 4.90 Å². The van der Waals surface area contributed by atoms with E-state index in [0.717, 1.165) is 23.3 Å². The van der Waals surface area contributed by atoms with Crippen LogP contribution in [0.2, 0.25) is 0 Å². The van der Waals surface area contributed by atoms with E-state index in [1.165, 1.54) is 0 Å². The summed E-state index contributed by atoms with van der Waals surface area (Å²) in [6.07, 6.45) is 7.35. The number of piperazine rings is 1. The van der Waals surface area contributed by atoms with Crippen molar-refractivity contribution in [3.8, 4) is 0 Å². The first-order valence-corrected chi connectivity index (χ1v) is 10.6. The highest BCUT2D eigenvalue weighted by Gasteiger charge is 2.35. The second-order valence-electron chi connectivity index (χ2n) is 7.25. The maximum atomic E-state index is 13.0. The van der Waals surface area contributed by atoms with Crippen LogP contribution in [-0.2, 0) is 14.8 Å². The third-order valence-corrected chi connectivity index (χ3v) is 7.60. The number of hydrogen-bond acceptors (Lipinski definition) is 3. The first-order chi connectivity index (χ1) is 12.0. The van der Waals surface area contributed by atoms with E-state index < -0.39 is 15.3 Å². The van der Waals surface area contributed by atoms with Gasteiger partial charge in [0.1, 0.15) is 0 Å². The van der Waals surface area contributed by atoms with Gasteiger partial charge in [-0.2, -0.15) is 4.31 Å². The highest BCUT2D eigenvalue weighted by Crippen LogP contribution is 2.33. The number of carbonyl (C=O) groups excluding carboxylic acids is 1. The Hall–Kier alpha value is -1.66. The van der Waals surface area contributed by atoms with Gasteiger partial charge in [-0.05, 0) is 35.6 Å². The van der Waals surface area contributed by atoms with Crippen molar-refractivity contribution in [2.24, 2.45) is 5.92 Å². The minimum Gasteiger partial charge on any atom is -0.340 e. The molecule has 1 aliphatic heterocycles. The second-order valence-corrected chi connectivity index (χ2v) is 9.40. The predicted molar refractivity (Wildman–Crippen MR) is 97.4 cm³/mol. The Bertz CT molecular complexity index is 881. The largest absolute Gasteiger partial charge is 0.340 e. The maximum absolute atomic E-state index is 13.0. The summed E-state index contributed by atoms with van der Waals surface area (Å²) in [4.78, 5) is 14.0. The average Bonchev–Trinajstić information content (AvgIpc) is 3.45. The number of nitrogens with zero attached hydrogens (tertiary/aromatic N) is 2. The van der Waals surface area contributed by atoms with E-state index in [-0.39, 0.29) is 5.91 Å². The summed E-state index contributed by atoms with van der Waals surface area (Å²) in [6, 6.07) is 7.87. The molecule has 0 N–H and O–H groups in total. The fourth-order valence-electron chi connectivity index (χ4n) is 3.65. The molecule has 6 heteroatoms. The van der Waals surface area contributed by atoms with Crippen molar-refractivity contribution in [2.75, 3.05) is 26.2 Å². The zero-order valence-corrected chi connectivity index (χ0v) is 15.1. The minimum absolute atomic E-state index is 0.186. The Labute approximate surface area is 148 Å². The lowest BCUT2D eigenvalue weighted by molar-refractivity contribution is -0.132. The van der Waals surface area contributed by atoms with Crippen LogP contribution in [0.3, 0.4) is 0 Å². The average molecular weight is 360 g/mol. The molecule has 1 saturated carbocycles. The van der Waals surface area contributed by atoms with E-state index in [9.17, 15) is 13.2 Å².